The molecule has 0 aromatic heterocycles. The zero-order valence-electron chi connectivity index (χ0n) is 33.1. The number of aliphatic hydroxyl groups is 2. The third-order valence-corrected chi connectivity index (χ3v) is 12.4. The van der Waals surface area contributed by atoms with Crippen LogP contribution in [0.3, 0.4) is 0 Å². The first-order valence-corrected chi connectivity index (χ1v) is 18.9. The van der Waals surface area contributed by atoms with Gasteiger partial charge in [0.25, 0.3) is 5.91 Å². The van der Waals surface area contributed by atoms with Crippen molar-refractivity contribution in [3.63, 3.8) is 0 Å². The van der Waals surface area contributed by atoms with Crippen molar-refractivity contribution in [3.05, 3.63) is 47.5 Å². The number of hydroxylamine groups is 2. The van der Waals surface area contributed by atoms with E-state index in [0.717, 1.165) is 35.3 Å². The Labute approximate surface area is 311 Å². The zero-order chi connectivity index (χ0) is 38.2. The van der Waals surface area contributed by atoms with Crippen LogP contribution in [0.15, 0.2) is 36.4 Å². The molecule has 4 fully saturated rings. The second kappa shape index (κ2) is 16.0. The molecule has 1 saturated heterocycles. The summed E-state index contributed by atoms with van der Waals surface area (Å²) in [7, 11) is 9.51. The van der Waals surface area contributed by atoms with E-state index in [1.54, 1.807) is 19.1 Å². The molecule has 2 bridgehead atoms. The fourth-order valence-corrected chi connectivity index (χ4v) is 9.05. The van der Waals surface area contributed by atoms with Crippen LogP contribution in [0.5, 0.6) is 5.75 Å². The van der Waals surface area contributed by atoms with Crippen molar-refractivity contribution < 1.29 is 29.4 Å². The van der Waals surface area contributed by atoms with Crippen LogP contribution < -0.4 is 20.3 Å². The Balaban J connectivity index is 1.45. The van der Waals surface area contributed by atoms with Crippen LogP contribution in [0.4, 0.5) is 5.69 Å². The van der Waals surface area contributed by atoms with Crippen molar-refractivity contribution >= 4 is 17.5 Å². The summed E-state index contributed by atoms with van der Waals surface area (Å²) in [5.41, 5.74) is 4.06. The van der Waals surface area contributed by atoms with E-state index < -0.39 is 24.2 Å². The summed E-state index contributed by atoms with van der Waals surface area (Å²) in [6.45, 7) is 13.3. The van der Waals surface area contributed by atoms with Gasteiger partial charge in [0.15, 0.2) is 0 Å². The standard InChI is InChI=1S/C41H63N5O6/c1-23(2)34(21-44(7)8)43-39(49)28-15-27(16-30(17-28)45(9)10)31-14-12-13-26(38(31)51-11)20-46-37(36(25(4)48)35(22-47)52-46)40(50)42-33-19-29-18-32(24(33)3)41(29,5)6/h12-17,23-25,29,32-37,47-48H,18-22H2,1-11H3,(H,42,50)(H,43,49)/t24-,25-,29+,32-,33-,34-,35-,36-,37-/m0/s1. The molecular weight excluding hydrogens is 658 g/mol. The average molecular weight is 722 g/mol. The van der Waals surface area contributed by atoms with Gasteiger partial charge in [-0.25, -0.2) is 0 Å². The molecular formula is C41H63N5O6. The second-order valence-electron chi connectivity index (χ2n) is 17.0. The van der Waals surface area contributed by atoms with Crippen LogP contribution in [0, 0.1) is 35.0 Å². The molecule has 6 rings (SSSR count). The molecule has 52 heavy (non-hydrogen) atoms. The van der Waals surface area contributed by atoms with E-state index in [1.165, 1.54) is 6.42 Å². The lowest BCUT2D eigenvalue weighted by Crippen LogP contribution is -2.62. The molecule has 11 heteroatoms. The van der Waals surface area contributed by atoms with Gasteiger partial charge in [-0.3, -0.25) is 14.4 Å². The molecule has 0 spiro atoms. The maximum atomic E-state index is 14.2. The smallest absolute Gasteiger partial charge is 0.251 e. The van der Waals surface area contributed by atoms with E-state index in [0.29, 0.717) is 29.1 Å². The molecule has 3 saturated carbocycles. The maximum absolute atomic E-state index is 14.2. The fourth-order valence-electron chi connectivity index (χ4n) is 9.05. The number of carbonyl (C=O) groups is 2. The molecule has 288 valence electrons. The van der Waals surface area contributed by atoms with Crippen LogP contribution in [-0.2, 0) is 16.2 Å². The van der Waals surface area contributed by atoms with Crippen LogP contribution in [0.2, 0.25) is 0 Å². The number of carbonyl (C=O) groups excluding carboxylic acids is 2. The van der Waals surface area contributed by atoms with Gasteiger partial charge >= 0.3 is 0 Å². The molecule has 4 N–H and O–H groups in total. The number of anilines is 1. The van der Waals surface area contributed by atoms with Crippen molar-refractivity contribution in [3.8, 4) is 16.9 Å². The number of methoxy groups -OCH3 is 1. The number of amides is 2. The Morgan fingerprint density at radius 1 is 1.10 bits per heavy atom. The average Bonchev–Trinajstić information content (AvgIpc) is 3.46. The number of para-hydroxylation sites is 1. The highest BCUT2D eigenvalue weighted by Gasteiger charge is 2.57. The summed E-state index contributed by atoms with van der Waals surface area (Å²) in [6, 6.07) is 10.8. The van der Waals surface area contributed by atoms with Crippen molar-refractivity contribution in [1.29, 1.82) is 0 Å². The van der Waals surface area contributed by atoms with Crippen molar-refractivity contribution in [1.82, 2.24) is 20.6 Å². The van der Waals surface area contributed by atoms with Crippen LogP contribution in [-0.4, -0.2) is 111 Å². The number of benzene rings is 2. The van der Waals surface area contributed by atoms with Crippen LogP contribution >= 0.6 is 0 Å². The summed E-state index contributed by atoms with van der Waals surface area (Å²) < 4.78 is 6.08. The minimum Gasteiger partial charge on any atom is -0.496 e. The number of hydrogen-bond acceptors (Lipinski definition) is 9. The highest BCUT2D eigenvalue weighted by Crippen LogP contribution is 2.61. The quantitative estimate of drug-likeness (QED) is 0.225. The summed E-state index contributed by atoms with van der Waals surface area (Å²) in [5, 5.41) is 29.5. The van der Waals surface area contributed by atoms with Gasteiger partial charge in [-0.1, -0.05) is 52.8 Å². The Hall–Kier alpha value is -3.22. The van der Waals surface area contributed by atoms with E-state index >= 15 is 0 Å². The van der Waals surface area contributed by atoms with Gasteiger partial charge in [0.1, 0.15) is 17.9 Å². The predicted octanol–water partition coefficient (Wildman–Crippen LogP) is 4.40. The van der Waals surface area contributed by atoms with E-state index in [-0.39, 0.29) is 48.4 Å². The van der Waals surface area contributed by atoms with E-state index in [2.05, 4.69) is 50.2 Å². The molecule has 9 atom stereocenters. The predicted molar refractivity (Wildman–Crippen MR) is 205 cm³/mol. The molecule has 11 nitrogen and oxygen atoms in total. The van der Waals surface area contributed by atoms with E-state index in [4.69, 9.17) is 9.57 Å². The van der Waals surface area contributed by atoms with Crippen LogP contribution in [0.25, 0.3) is 11.1 Å². The Morgan fingerprint density at radius 3 is 2.37 bits per heavy atom. The molecule has 0 unspecified atom stereocenters. The number of fused-ring (bicyclic) bond motifs is 2. The lowest BCUT2D eigenvalue weighted by atomic mass is 9.45. The highest BCUT2D eigenvalue weighted by molar-refractivity contribution is 5.97. The van der Waals surface area contributed by atoms with Gasteiger partial charge in [-0.2, -0.15) is 5.06 Å². The van der Waals surface area contributed by atoms with Gasteiger partial charge in [-0.15, -0.1) is 0 Å². The lowest BCUT2D eigenvalue weighted by molar-refractivity contribution is -0.183. The Kier molecular flexibility index (Phi) is 12.3. The van der Waals surface area contributed by atoms with Crippen molar-refractivity contribution in [2.75, 3.05) is 53.4 Å². The van der Waals surface area contributed by atoms with Gasteiger partial charge in [0, 0.05) is 61.0 Å². The molecule has 3 aliphatic carbocycles. The van der Waals surface area contributed by atoms with Gasteiger partial charge in [0.05, 0.1) is 26.4 Å². The second-order valence-corrected chi connectivity index (χ2v) is 17.0. The first-order valence-electron chi connectivity index (χ1n) is 18.9. The molecule has 2 amide bonds. The van der Waals surface area contributed by atoms with Crippen LogP contribution in [0.1, 0.15) is 70.3 Å². The SMILES string of the molecule is COc1c(CN2O[C@@H](CO)[C@H]([C@H](C)O)[C@H]2C(=O)N[C@H]2C[C@H]3C[C@@H]([C@@H]2C)C3(C)C)cccc1-c1cc(C(=O)N[C@@H](CN(C)C)C(C)C)cc(N(C)C)c1. The third-order valence-electron chi connectivity index (χ3n) is 12.4. The number of likely N-dealkylation sites (N-methyl/N-ethyl adjacent to an activating group) is 1. The minimum atomic E-state index is -0.895. The zero-order valence-corrected chi connectivity index (χ0v) is 33.1. The lowest BCUT2D eigenvalue weighted by Gasteiger charge is -2.62. The van der Waals surface area contributed by atoms with Crippen molar-refractivity contribution in [2.24, 2.45) is 35.0 Å². The number of aliphatic hydroxyl groups excluding tert-OH is 2. The monoisotopic (exact) mass is 721 g/mol. The maximum Gasteiger partial charge on any atom is 0.251 e. The molecule has 0 radical (unpaired) electrons. The molecule has 2 aromatic carbocycles. The summed E-state index contributed by atoms with van der Waals surface area (Å²) in [4.78, 5) is 38.3. The highest BCUT2D eigenvalue weighted by atomic mass is 16.7. The Morgan fingerprint density at radius 2 is 1.81 bits per heavy atom. The topological polar surface area (TPSA) is 127 Å². The molecule has 4 aliphatic rings. The number of ether oxygens (including phenoxy) is 1. The first kappa shape index (κ1) is 40.0. The minimum absolute atomic E-state index is 0.0236. The number of rotatable bonds is 14. The molecule has 1 aliphatic heterocycles. The van der Waals surface area contributed by atoms with E-state index in [1.807, 2.05) is 69.5 Å². The molecule has 1 heterocycles. The summed E-state index contributed by atoms with van der Waals surface area (Å²) >= 11 is 0. The molecule has 2 aromatic rings. The van der Waals surface area contributed by atoms with E-state index in [9.17, 15) is 19.8 Å². The Bertz CT molecular complexity index is 1580. The largest absolute Gasteiger partial charge is 0.496 e. The summed E-state index contributed by atoms with van der Waals surface area (Å²) in [5.74, 6) is 1.33. The van der Waals surface area contributed by atoms with Crippen molar-refractivity contribution in [2.45, 2.75) is 91.3 Å². The van der Waals surface area contributed by atoms with Gasteiger partial charge < -0.3 is 35.4 Å². The normalized spacial score (nSPS) is 27.9. The first-order chi connectivity index (χ1) is 24.5. The third kappa shape index (κ3) is 7.99. The number of nitrogens with one attached hydrogen (secondary N) is 2. The number of hydrogen-bond donors (Lipinski definition) is 4. The van der Waals surface area contributed by atoms with Gasteiger partial charge in [0.2, 0.25) is 5.91 Å². The summed E-state index contributed by atoms with van der Waals surface area (Å²) in [6.07, 6.45) is 0.494. The fraction of sp³-hybridized carbons (Fsp3) is 0.659. The van der Waals surface area contributed by atoms with Gasteiger partial charge in [-0.05, 0) is 86.7 Å². The number of nitrogens with zero attached hydrogens (tertiary/aromatic N) is 3.